The van der Waals surface area contributed by atoms with Gasteiger partial charge in [-0.2, -0.15) is 0 Å². The van der Waals surface area contributed by atoms with Crippen molar-refractivity contribution in [2.75, 3.05) is 36.8 Å². The molecule has 0 radical (unpaired) electrons. The van der Waals surface area contributed by atoms with Gasteiger partial charge in [0.15, 0.2) is 11.6 Å². The van der Waals surface area contributed by atoms with Crippen LogP contribution in [0.1, 0.15) is 31.4 Å². The second kappa shape index (κ2) is 11.9. The summed E-state index contributed by atoms with van der Waals surface area (Å²) in [4.78, 5) is 30.9. The van der Waals surface area contributed by atoms with Gasteiger partial charge in [0.2, 0.25) is 5.91 Å². The standard InChI is InChI=1S/C30H31ClFN7OS/c1-17(2)5-4-6-24(40)38-9-11-39(12-10-38)30-19-13-21(31)26(25-18(3)7-8-22(34)20(25)14-33)27(32)28(19)36-29(37-30)23-15-35-16-41-23/h4,6-8,13-17,33H,5,9-12,34H2,1-3H3/b6-4+,33-14?. The molecule has 5 rings (SSSR count). The van der Waals surface area contributed by atoms with E-state index < -0.39 is 5.82 Å². The van der Waals surface area contributed by atoms with E-state index in [0.29, 0.717) is 70.8 Å². The first-order valence-corrected chi connectivity index (χ1v) is 14.6. The average molecular weight is 592 g/mol. The van der Waals surface area contributed by atoms with Gasteiger partial charge in [0.25, 0.3) is 0 Å². The van der Waals surface area contributed by atoms with Gasteiger partial charge in [-0.3, -0.25) is 9.78 Å². The van der Waals surface area contributed by atoms with Crippen LogP contribution in [0, 0.1) is 24.1 Å². The molecule has 2 aromatic carbocycles. The van der Waals surface area contributed by atoms with E-state index in [4.69, 9.17) is 27.7 Å². The number of halogens is 2. The van der Waals surface area contributed by atoms with Gasteiger partial charge in [-0.25, -0.2) is 14.4 Å². The normalized spacial score (nSPS) is 14.0. The highest BCUT2D eigenvalue weighted by Crippen LogP contribution is 2.42. The predicted octanol–water partition coefficient (Wildman–Crippen LogP) is 6.35. The molecule has 1 fully saturated rings. The Hall–Kier alpha value is -3.89. The number of rotatable bonds is 7. The van der Waals surface area contributed by atoms with Crippen molar-refractivity contribution in [2.45, 2.75) is 27.2 Å². The van der Waals surface area contributed by atoms with Crippen molar-refractivity contribution in [1.82, 2.24) is 19.9 Å². The molecule has 0 saturated carbocycles. The maximum absolute atomic E-state index is 16.6. The van der Waals surface area contributed by atoms with E-state index >= 15 is 4.39 Å². The van der Waals surface area contributed by atoms with Crippen molar-refractivity contribution in [3.05, 3.63) is 64.0 Å². The molecule has 1 aliphatic heterocycles. The number of carbonyl (C=O) groups is 1. The molecule has 1 saturated heterocycles. The second-order valence-electron chi connectivity index (χ2n) is 10.4. The fourth-order valence-electron chi connectivity index (χ4n) is 5.00. The van der Waals surface area contributed by atoms with E-state index in [1.54, 1.807) is 36.0 Å². The van der Waals surface area contributed by atoms with Gasteiger partial charge in [0.05, 0.1) is 15.4 Å². The number of nitrogens with two attached hydrogens (primary N) is 1. The number of aromatic nitrogens is 3. The first-order valence-electron chi connectivity index (χ1n) is 13.4. The summed E-state index contributed by atoms with van der Waals surface area (Å²) in [7, 11) is 0. The van der Waals surface area contributed by atoms with Crippen LogP contribution in [-0.2, 0) is 4.79 Å². The first kappa shape index (κ1) is 28.6. The Balaban J connectivity index is 1.59. The Kier molecular flexibility index (Phi) is 8.32. The molecule has 0 bridgehead atoms. The molecule has 0 aliphatic carbocycles. The lowest BCUT2D eigenvalue weighted by atomic mass is 9.92. The van der Waals surface area contributed by atoms with Gasteiger partial charge in [-0.15, -0.1) is 11.3 Å². The van der Waals surface area contributed by atoms with Crippen LogP contribution in [0.3, 0.4) is 0 Å². The first-order chi connectivity index (χ1) is 19.7. The molecule has 3 heterocycles. The number of piperazine rings is 1. The topological polar surface area (TPSA) is 112 Å². The number of aryl methyl sites for hydroxylation is 1. The Morgan fingerprint density at radius 2 is 1.98 bits per heavy atom. The third kappa shape index (κ3) is 5.67. The molecule has 212 valence electrons. The zero-order valence-corrected chi connectivity index (χ0v) is 24.7. The lowest BCUT2D eigenvalue weighted by Crippen LogP contribution is -2.48. The number of amides is 1. The molecule has 41 heavy (non-hydrogen) atoms. The van der Waals surface area contributed by atoms with Crippen molar-refractivity contribution in [3.8, 4) is 21.8 Å². The van der Waals surface area contributed by atoms with E-state index in [2.05, 4.69) is 23.8 Å². The molecule has 4 aromatic rings. The maximum atomic E-state index is 16.6. The summed E-state index contributed by atoms with van der Waals surface area (Å²) >= 11 is 8.15. The van der Waals surface area contributed by atoms with Gasteiger partial charge in [0, 0.05) is 60.8 Å². The van der Waals surface area contributed by atoms with E-state index in [0.717, 1.165) is 18.2 Å². The number of hydrogen-bond donors (Lipinski definition) is 2. The number of nitrogens with one attached hydrogen (secondary N) is 1. The number of benzene rings is 2. The highest BCUT2D eigenvalue weighted by atomic mass is 35.5. The van der Waals surface area contributed by atoms with Crippen LogP contribution in [-0.4, -0.2) is 58.2 Å². The van der Waals surface area contributed by atoms with E-state index in [-0.39, 0.29) is 22.0 Å². The minimum Gasteiger partial charge on any atom is -0.398 e. The molecule has 0 spiro atoms. The zero-order chi connectivity index (χ0) is 29.3. The smallest absolute Gasteiger partial charge is 0.246 e. The molecule has 8 nitrogen and oxygen atoms in total. The second-order valence-corrected chi connectivity index (χ2v) is 11.7. The van der Waals surface area contributed by atoms with Crippen LogP contribution in [0.4, 0.5) is 15.9 Å². The van der Waals surface area contributed by atoms with Crippen molar-refractivity contribution < 1.29 is 9.18 Å². The van der Waals surface area contributed by atoms with Gasteiger partial charge >= 0.3 is 0 Å². The Bertz CT molecular complexity index is 1650. The summed E-state index contributed by atoms with van der Waals surface area (Å²) in [6.07, 6.45) is 7.19. The van der Waals surface area contributed by atoms with Crippen LogP contribution in [0.15, 0.2) is 42.1 Å². The Morgan fingerprint density at radius 3 is 2.63 bits per heavy atom. The number of fused-ring (bicyclic) bond motifs is 1. The molecule has 1 amide bonds. The average Bonchev–Trinajstić information content (AvgIpc) is 3.50. The number of anilines is 2. The molecule has 11 heteroatoms. The largest absolute Gasteiger partial charge is 0.398 e. The monoisotopic (exact) mass is 591 g/mol. The predicted molar refractivity (Wildman–Crippen MR) is 165 cm³/mol. The fraction of sp³-hybridized carbons (Fsp3) is 0.300. The van der Waals surface area contributed by atoms with E-state index in [1.807, 2.05) is 22.8 Å². The van der Waals surface area contributed by atoms with E-state index in [9.17, 15) is 4.79 Å². The Labute approximate surface area is 247 Å². The van der Waals surface area contributed by atoms with Crippen LogP contribution in [0.25, 0.3) is 32.7 Å². The van der Waals surface area contributed by atoms with Gasteiger partial charge in [-0.1, -0.05) is 37.6 Å². The van der Waals surface area contributed by atoms with Crippen molar-refractivity contribution in [3.63, 3.8) is 0 Å². The van der Waals surface area contributed by atoms with Crippen molar-refractivity contribution >= 4 is 57.5 Å². The third-order valence-corrected chi connectivity index (χ3v) is 8.22. The number of carbonyl (C=O) groups excluding carboxylic acids is 1. The number of hydrogen-bond acceptors (Lipinski definition) is 8. The minimum absolute atomic E-state index is 0.0126. The molecule has 1 aliphatic rings. The summed E-state index contributed by atoms with van der Waals surface area (Å²) in [6, 6.07) is 5.16. The van der Waals surface area contributed by atoms with Crippen LogP contribution in [0.2, 0.25) is 5.02 Å². The summed E-state index contributed by atoms with van der Waals surface area (Å²) in [6.45, 7) is 8.10. The lowest BCUT2D eigenvalue weighted by molar-refractivity contribution is -0.126. The molecular formula is C30H31ClFN7OS. The number of allylic oxidation sites excluding steroid dienone is 1. The van der Waals surface area contributed by atoms with Gasteiger partial charge < -0.3 is 20.9 Å². The summed E-state index contributed by atoms with van der Waals surface area (Å²) in [5.74, 6) is 0.769. The zero-order valence-electron chi connectivity index (χ0n) is 23.1. The number of nitrogen functional groups attached to an aromatic ring is 1. The fourth-order valence-corrected chi connectivity index (χ4v) is 5.84. The highest BCUT2D eigenvalue weighted by molar-refractivity contribution is 7.13. The van der Waals surface area contributed by atoms with Crippen LogP contribution < -0.4 is 10.6 Å². The van der Waals surface area contributed by atoms with Crippen LogP contribution in [0.5, 0.6) is 0 Å². The molecule has 0 unspecified atom stereocenters. The van der Waals surface area contributed by atoms with E-state index in [1.165, 1.54) is 11.3 Å². The Morgan fingerprint density at radius 1 is 1.22 bits per heavy atom. The number of thiazole rings is 1. The quantitative estimate of drug-likeness (QED) is 0.147. The maximum Gasteiger partial charge on any atom is 0.246 e. The molecule has 2 aromatic heterocycles. The van der Waals surface area contributed by atoms with Crippen molar-refractivity contribution in [2.24, 2.45) is 5.92 Å². The summed E-state index contributed by atoms with van der Waals surface area (Å²) in [5, 5.41) is 8.58. The van der Waals surface area contributed by atoms with Crippen molar-refractivity contribution in [1.29, 1.82) is 5.41 Å². The van der Waals surface area contributed by atoms with Gasteiger partial charge in [-0.05, 0) is 48.6 Å². The van der Waals surface area contributed by atoms with Gasteiger partial charge in [0.1, 0.15) is 11.3 Å². The van der Waals surface area contributed by atoms with Crippen LogP contribution >= 0.6 is 22.9 Å². The molecule has 3 N–H and O–H groups in total. The lowest BCUT2D eigenvalue weighted by Gasteiger charge is -2.35. The number of nitrogens with zero attached hydrogens (tertiary/aromatic N) is 5. The SMILES string of the molecule is Cc1ccc(N)c(C=N)c1-c1c(Cl)cc2c(N3CCN(C(=O)/C=C/CC(C)C)CC3)nc(-c3cncs3)nc2c1F. The molecule has 0 atom stereocenters. The molecular weight excluding hydrogens is 561 g/mol. The highest BCUT2D eigenvalue weighted by Gasteiger charge is 2.27. The summed E-state index contributed by atoms with van der Waals surface area (Å²) < 4.78 is 16.6. The third-order valence-electron chi connectivity index (χ3n) is 7.16. The summed E-state index contributed by atoms with van der Waals surface area (Å²) in [5.41, 5.74) is 10.0. The minimum atomic E-state index is -0.609.